The van der Waals surface area contributed by atoms with Gasteiger partial charge in [-0.3, -0.25) is 4.79 Å². The second-order valence-electron chi connectivity index (χ2n) is 4.95. The molecule has 1 N–H and O–H groups in total. The Morgan fingerprint density at radius 1 is 1.44 bits per heavy atom. The number of aliphatic carboxylic acids is 1. The Balaban J connectivity index is 2.75. The zero-order valence-corrected chi connectivity index (χ0v) is 12.2. The van der Waals surface area contributed by atoms with Crippen LogP contribution in [0.1, 0.15) is 46.5 Å². The number of hydrogen-bond acceptors (Lipinski definition) is 3. The molecule has 1 aliphatic rings. The van der Waals surface area contributed by atoms with Crippen LogP contribution in [0, 0.1) is 5.92 Å². The maximum Gasteiger partial charge on any atom is 0.327 e. The van der Waals surface area contributed by atoms with E-state index in [-0.39, 0.29) is 11.3 Å². The fraction of sp³-hybridized carbons (Fsp3) is 0.846. The molecule has 1 amide bonds. The first kappa shape index (κ1) is 15.3. The minimum absolute atomic E-state index is 0.000185. The SMILES string of the molecule is CCCC1SCC(C(=O)O)N1C(=O)CC(C)CC. The smallest absolute Gasteiger partial charge is 0.327 e. The fourth-order valence-corrected chi connectivity index (χ4v) is 3.64. The molecular formula is C13H23NO3S. The summed E-state index contributed by atoms with van der Waals surface area (Å²) in [7, 11) is 0. The second-order valence-corrected chi connectivity index (χ2v) is 6.16. The number of thioether (sulfide) groups is 1. The first-order valence-electron chi connectivity index (χ1n) is 6.66. The summed E-state index contributed by atoms with van der Waals surface area (Å²) in [6, 6.07) is -0.636. The second kappa shape index (κ2) is 7.02. The molecule has 0 aromatic carbocycles. The van der Waals surface area contributed by atoms with Crippen molar-refractivity contribution in [3.05, 3.63) is 0 Å². The minimum atomic E-state index is -0.876. The van der Waals surface area contributed by atoms with Gasteiger partial charge in [-0.05, 0) is 12.3 Å². The van der Waals surface area contributed by atoms with E-state index in [0.717, 1.165) is 19.3 Å². The van der Waals surface area contributed by atoms with Gasteiger partial charge >= 0.3 is 5.97 Å². The van der Waals surface area contributed by atoms with E-state index >= 15 is 0 Å². The highest BCUT2D eigenvalue weighted by atomic mass is 32.2. The van der Waals surface area contributed by atoms with Crippen molar-refractivity contribution < 1.29 is 14.7 Å². The summed E-state index contributed by atoms with van der Waals surface area (Å²) in [6.45, 7) is 6.15. The monoisotopic (exact) mass is 273 g/mol. The molecule has 4 nitrogen and oxygen atoms in total. The standard InChI is InChI=1S/C13H23NO3S/c1-4-6-12-14(10(8-18-12)13(16)17)11(15)7-9(3)5-2/h9-10,12H,4-8H2,1-3H3,(H,16,17). The van der Waals surface area contributed by atoms with Crippen molar-refractivity contribution in [1.82, 2.24) is 4.90 Å². The molecule has 3 unspecified atom stereocenters. The fourth-order valence-electron chi connectivity index (χ4n) is 2.11. The van der Waals surface area contributed by atoms with Crippen molar-refractivity contribution in [2.24, 2.45) is 5.92 Å². The van der Waals surface area contributed by atoms with Gasteiger partial charge in [-0.2, -0.15) is 0 Å². The maximum absolute atomic E-state index is 12.3. The first-order chi connectivity index (χ1) is 8.51. The molecule has 0 saturated carbocycles. The molecule has 0 bridgehead atoms. The van der Waals surface area contributed by atoms with Gasteiger partial charge in [-0.25, -0.2) is 4.79 Å². The van der Waals surface area contributed by atoms with Crippen LogP contribution < -0.4 is 0 Å². The summed E-state index contributed by atoms with van der Waals surface area (Å²) >= 11 is 1.60. The van der Waals surface area contributed by atoms with Crippen LogP contribution in [0.25, 0.3) is 0 Å². The summed E-state index contributed by atoms with van der Waals surface area (Å²) in [5.41, 5.74) is 0. The van der Waals surface area contributed by atoms with Crippen LogP contribution in [0.5, 0.6) is 0 Å². The summed E-state index contributed by atoms with van der Waals surface area (Å²) in [5.74, 6) is -0.0367. The van der Waals surface area contributed by atoms with E-state index in [1.165, 1.54) is 0 Å². The van der Waals surface area contributed by atoms with Crippen molar-refractivity contribution in [2.45, 2.75) is 57.9 Å². The van der Waals surface area contributed by atoms with Crippen LogP contribution in [-0.2, 0) is 9.59 Å². The van der Waals surface area contributed by atoms with Crippen LogP contribution in [0.4, 0.5) is 0 Å². The Kier molecular flexibility index (Phi) is 5.99. The van der Waals surface area contributed by atoms with Crippen LogP contribution in [0.2, 0.25) is 0 Å². The lowest BCUT2D eigenvalue weighted by atomic mass is 10.0. The third-order valence-electron chi connectivity index (χ3n) is 3.42. The Morgan fingerprint density at radius 2 is 2.11 bits per heavy atom. The molecule has 1 heterocycles. The van der Waals surface area contributed by atoms with E-state index in [9.17, 15) is 14.7 Å². The first-order valence-corrected chi connectivity index (χ1v) is 7.71. The number of carboxylic acids is 1. The number of carboxylic acid groups (broad SMARTS) is 1. The number of carbonyl (C=O) groups excluding carboxylic acids is 1. The van der Waals surface area contributed by atoms with Crippen molar-refractivity contribution in [3.8, 4) is 0 Å². The third kappa shape index (κ3) is 3.64. The summed E-state index contributed by atoms with van der Waals surface area (Å²) in [5, 5.41) is 9.25. The number of rotatable bonds is 6. The van der Waals surface area contributed by atoms with Crippen molar-refractivity contribution in [1.29, 1.82) is 0 Å². The predicted molar refractivity (Wildman–Crippen MR) is 73.5 cm³/mol. The molecule has 0 aliphatic carbocycles. The molecule has 0 spiro atoms. The van der Waals surface area contributed by atoms with Crippen LogP contribution >= 0.6 is 11.8 Å². The molecule has 104 valence electrons. The van der Waals surface area contributed by atoms with E-state index < -0.39 is 12.0 Å². The number of nitrogens with zero attached hydrogens (tertiary/aromatic N) is 1. The normalized spacial score (nSPS) is 25.2. The van der Waals surface area contributed by atoms with Crippen molar-refractivity contribution in [3.63, 3.8) is 0 Å². The zero-order chi connectivity index (χ0) is 13.7. The Hall–Kier alpha value is -0.710. The lowest BCUT2D eigenvalue weighted by Gasteiger charge is -2.28. The van der Waals surface area contributed by atoms with Gasteiger partial charge in [0.05, 0.1) is 5.37 Å². The molecule has 1 fully saturated rings. The van der Waals surface area contributed by atoms with Gasteiger partial charge in [-0.1, -0.05) is 33.6 Å². The zero-order valence-electron chi connectivity index (χ0n) is 11.4. The molecule has 3 atom stereocenters. The van der Waals surface area contributed by atoms with Gasteiger partial charge in [0.15, 0.2) is 0 Å². The lowest BCUT2D eigenvalue weighted by molar-refractivity contribution is -0.149. The molecule has 1 aliphatic heterocycles. The van der Waals surface area contributed by atoms with Gasteiger partial charge in [0.25, 0.3) is 0 Å². The molecular weight excluding hydrogens is 250 g/mol. The molecule has 1 saturated heterocycles. The predicted octanol–water partition coefficient (Wildman–Crippen LogP) is 2.58. The number of hydrogen-bond donors (Lipinski definition) is 1. The van der Waals surface area contributed by atoms with E-state index in [4.69, 9.17) is 0 Å². The third-order valence-corrected chi connectivity index (χ3v) is 4.78. The van der Waals surface area contributed by atoms with E-state index in [1.54, 1.807) is 16.7 Å². The van der Waals surface area contributed by atoms with Crippen LogP contribution in [-0.4, -0.2) is 39.1 Å². The summed E-state index contributed by atoms with van der Waals surface area (Å²) in [6.07, 6.45) is 3.25. The molecule has 0 aromatic rings. The van der Waals surface area contributed by atoms with Gasteiger partial charge in [0.1, 0.15) is 6.04 Å². The number of carbonyl (C=O) groups is 2. The molecule has 0 aromatic heterocycles. The summed E-state index contributed by atoms with van der Waals surface area (Å²) < 4.78 is 0. The average molecular weight is 273 g/mol. The van der Waals surface area contributed by atoms with Crippen LogP contribution in [0.3, 0.4) is 0 Å². The van der Waals surface area contributed by atoms with E-state index in [2.05, 4.69) is 13.8 Å². The molecule has 18 heavy (non-hydrogen) atoms. The van der Waals surface area contributed by atoms with Crippen molar-refractivity contribution >= 4 is 23.6 Å². The largest absolute Gasteiger partial charge is 0.480 e. The van der Waals surface area contributed by atoms with E-state index in [0.29, 0.717) is 18.1 Å². The van der Waals surface area contributed by atoms with Gasteiger partial charge in [-0.15, -0.1) is 11.8 Å². The van der Waals surface area contributed by atoms with Gasteiger partial charge in [0.2, 0.25) is 5.91 Å². The highest BCUT2D eigenvalue weighted by molar-refractivity contribution is 8.00. The highest BCUT2D eigenvalue weighted by Gasteiger charge is 2.40. The Labute approximate surface area is 113 Å². The van der Waals surface area contributed by atoms with E-state index in [1.807, 2.05) is 6.92 Å². The Bertz CT molecular complexity index is 309. The number of amides is 1. The average Bonchev–Trinajstić information content (AvgIpc) is 2.73. The Morgan fingerprint density at radius 3 is 2.61 bits per heavy atom. The molecule has 0 radical (unpaired) electrons. The van der Waals surface area contributed by atoms with Gasteiger partial charge in [0, 0.05) is 12.2 Å². The summed E-state index contributed by atoms with van der Waals surface area (Å²) in [4.78, 5) is 25.1. The maximum atomic E-state index is 12.3. The quantitative estimate of drug-likeness (QED) is 0.808. The molecule has 5 heteroatoms. The highest BCUT2D eigenvalue weighted by Crippen LogP contribution is 2.33. The van der Waals surface area contributed by atoms with Crippen LogP contribution in [0.15, 0.2) is 0 Å². The molecule has 1 rings (SSSR count). The topological polar surface area (TPSA) is 57.6 Å². The minimum Gasteiger partial charge on any atom is -0.480 e. The van der Waals surface area contributed by atoms with Gasteiger partial charge < -0.3 is 10.0 Å². The van der Waals surface area contributed by atoms with Crippen molar-refractivity contribution in [2.75, 3.05) is 5.75 Å². The lowest BCUT2D eigenvalue weighted by Crippen LogP contribution is -2.46.